The number of hydrogen-bond donors (Lipinski definition) is 0. The molecule has 0 bridgehead atoms. The van der Waals surface area contributed by atoms with Gasteiger partial charge in [0.05, 0.1) is 51.2 Å². The fourth-order valence-corrected chi connectivity index (χ4v) is 13.1. The SMILES string of the molecule is c1ccc2c(c1)-c1cccc3c4ccc5c6c4n(c13)C2c1ccc2c3ccc4c7c3n(c2c1-6)C5c1ccc2c3cccc5c3n(c2c1-7)C4c1ccccc1-5. The lowest BCUT2D eigenvalue weighted by atomic mass is 9.75. The summed E-state index contributed by atoms with van der Waals surface area (Å²) in [6.45, 7) is 0. The van der Waals surface area contributed by atoms with E-state index in [9.17, 15) is 0 Å². The molecule has 0 amide bonds. The summed E-state index contributed by atoms with van der Waals surface area (Å²) in [5.41, 5.74) is 28.3. The van der Waals surface area contributed by atoms with Crippen LogP contribution in [0.15, 0.2) is 133 Å². The van der Waals surface area contributed by atoms with Gasteiger partial charge in [-0.1, -0.05) is 133 Å². The van der Waals surface area contributed by atoms with Gasteiger partial charge in [-0.3, -0.25) is 0 Å². The molecule has 54 heavy (non-hydrogen) atoms. The summed E-state index contributed by atoms with van der Waals surface area (Å²) in [6, 6.07) is 52.5. The van der Waals surface area contributed by atoms with E-state index >= 15 is 0 Å². The van der Waals surface area contributed by atoms with Crippen LogP contribution in [-0.2, 0) is 0 Å². The smallest absolute Gasteiger partial charge is 0.0859 e. The number of fused-ring (bicyclic) bond motifs is 13. The quantitative estimate of drug-likeness (QED) is 0.152. The first kappa shape index (κ1) is 25.2. The van der Waals surface area contributed by atoms with E-state index in [1.54, 1.807) is 0 Å². The van der Waals surface area contributed by atoms with Crippen LogP contribution in [-0.4, -0.2) is 13.7 Å². The van der Waals surface area contributed by atoms with Crippen LogP contribution in [0, 0.1) is 0 Å². The molecule has 2 atom stereocenters. The van der Waals surface area contributed by atoms with Crippen molar-refractivity contribution in [3.05, 3.63) is 167 Å². The van der Waals surface area contributed by atoms with Gasteiger partial charge in [-0.25, -0.2) is 0 Å². The normalized spacial score (nSPS) is 18.9. The topological polar surface area (TPSA) is 14.8 Å². The molecule has 11 aromatic rings. The van der Waals surface area contributed by atoms with Gasteiger partial charge < -0.3 is 13.7 Å². The van der Waals surface area contributed by atoms with Gasteiger partial charge >= 0.3 is 0 Å². The minimum Gasteiger partial charge on any atom is -0.328 e. The fraction of sp³-hybridized carbons (Fsp3) is 0.0588. The van der Waals surface area contributed by atoms with Crippen molar-refractivity contribution < 1.29 is 0 Å². The Bertz CT molecular complexity index is 3560. The average molecular weight is 680 g/mol. The minimum atomic E-state index is 0.0877. The first-order chi connectivity index (χ1) is 26.9. The van der Waals surface area contributed by atoms with Crippen molar-refractivity contribution in [2.75, 3.05) is 0 Å². The van der Waals surface area contributed by atoms with Crippen LogP contribution >= 0.6 is 0 Å². The third-order valence-electron chi connectivity index (χ3n) is 14.8. The fourth-order valence-electron chi connectivity index (χ4n) is 13.1. The first-order valence-corrected chi connectivity index (χ1v) is 19.4. The molecule has 0 N–H and O–H groups in total. The molecule has 0 spiro atoms. The van der Waals surface area contributed by atoms with Gasteiger partial charge in [0.15, 0.2) is 0 Å². The monoisotopic (exact) mass is 679 g/mol. The van der Waals surface area contributed by atoms with E-state index in [2.05, 4.69) is 147 Å². The predicted octanol–water partition coefficient (Wildman–Crippen LogP) is 12.5. The van der Waals surface area contributed by atoms with Gasteiger partial charge in [0.2, 0.25) is 0 Å². The van der Waals surface area contributed by atoms with Gasteiger partial charge in [0, 0.05) is 65.7 Å². The molecule has 3 nitrogen and oxygen atoms in total. The molecule has 244 valence electrons. The molecule has 17 rings (SSSR count). The summed E-state index contributed by atoms with van der Waals surface area (Å²) >= 11 is 0. The molecule has 2 unspecified atom stereocenters. The standard InChI is InChI=1S/C51H25N3/c1-3-9-25-23(7-1)27-11-5-13-29-31-15-21-37-41-39-35(45(25)52(43(27)29)48(31)41)19-17-33-34-18-20-36-40-42-38(47(37)54(50(33)39)51(34)40)22-16-32-30-14-6-12-28-24-8-2-4-10-26(24)46(36)53(44(28)30)49(32)42/h1-22,45-47H. The molecule has 3 heteroatoms. The zero-order chi connectivity index (χ0) is 34.0. The summed E-state index contributed by atoms with van der Waals surface area (Å²) in [7, 11) is 0. The third kappa shape index (κ3) is 2.22. The van der Waals surface area contributed by atoms with Crippen LogP contribution in [0.1, 0.15) is 51.5 Å². The lowest BCUT2D eigenvalue weighted by Crippen LogP contribution is -2.28. The van der Waals surface area contributed by atoms with Crippen LogP contribution in [0.4, 0.5) is 0 Å². The Balaban J connectivity index is 1.14. The number of rotatable bonds is 0. The van der Waals surface area contributed by atoms with E-state index in [4.69, 9.17) is 0 Å². The second-order valence-corrected chi connectivity index (χ2v) is 16.6. The van der Waals surface area contributed by atoms with E-state index in [1.165, 1.54) is 143 Å². The predicted molar refractivity (Wildman–Crippen MR) is 219 cm³/mol. The van der Waals surface area contributed by atoms with Gasteiger partial charge in [-0.2, -0.15) is 0 Å². The highest BCUT2D eigenvalue weighted by atomic mass is 15.1. The molecule has 0 radical (unpaired) electrons. The van der Waals surface area contributed by atoms with Crippen LogP contribution in [0.5, 0.6) is 0 Å². The van der Waals surface area contributed by atoms with Crippen molar-refractivity contribution in [2.24, 2.45) is 0 Å². The van der Waals surface area contributed by atoms with Crippen molar-refractivity contribution in [3.8, 4) is 44.5 Å². The van der Waals surface area contributed by atoms with Gasteiger partial charge in [-0.15, -0.1) is 0 Å². The molecule has 6 aliphatic rings. The number of benzene rings is 8. The first-order valence-electron chi connectivity index (χ1n) is 19.4. The molecule has 0 aliphatic carbocycles. The second kappa shape index (κ2) is 7.62. The lowest BCUT2D eigenvalue weighted by molar-refractivity contribution is 0.680. The lowest BCUT2D eigenvalue weighted by Gasteiger charge is -2.42. The zero-order valence-corrected chi connectivity index (χ0v) is 28.8. The molecule has 6 aliphatic heterocycles. The number of hydrogen-bond acceptors (Lipinski definition) is 0. The summed E-state index contributed by atoms with van der Waals surface area (Å²) in [5, 5.41) is 8.26. The van der Waals surface area contributed by atoms with E-state index in [0.717, 1.165) is 0 Å². The Kier molecular flexibility index (Phi) is 3.55. The minimum absolute atomic E-state index is 0.0877. The molecule has 0 saturated carbocycles. The van der Waals surface area contributed by atoms with E-state index in [-0.39, 0.29) is 18.1 Å². The third-order valence-corrected chi connectivity index (χ3v) is 14.8. The second-order valence-electron chi connectivity index (χ2n) is 16.6. The molecule has 0 saturated heterocycles. The Morgan fingerprint density at radius 2 is 0.556 bits per heavy atom. The maximum Gasteiger partial charge on any atom is 0.0859 e. The van der Waals surface area contributed by atoms with Crippen molar-refractivity contribution >= 4 is 65.4 Å². The largest absolute Gasteiger partial charge is 0.328 e. The Labute approximate surface area is 307 Å². The maximum atomic E-state index is 2.81. The maximum absolute atomic E-state index is 2.81. The Hall–Kier alpha value is -6.84. The van der Waals surface area contributed by atoms with Crippen LogP contribution < -0.4 is 0 Å². The van der Waals surface area contributed by atoms with E-state index in [1.807, 2.05) is 0 Å². The van der Waals surface area contributed by atoms with E-state index in [0.29, 0.717) is 0 Å². The molecular formula is C51H25N3. The molecule has 3 aromatic heterocycles. The van der Waals surface area contributed by atoms with E-state index < -0.39 is 0 Å². The van der Waals surface area contributed by atoms with Crippen LogP contribution in [0.3, 0.4) is 0 Å². The highest BCUT2D eigenvalue weighted by molar-refractivity contribution is 6.28. The Morgan fingerprint density at radius 3 is 0.963 bits per heavy atom. The molecule has 9 heterocycles. The van der Waals surface area contributed by atoms with Crippen LogP contribution in [0.2, 0.25) is 0 Å². The van der Waals surface area contributed by atoms with Gasteiger partial charge in [0.1, 0.15) is 0 Å². The molecule has 0 fully saturated rings. The highest BCUT2D eigenvalue weighted by Gasteiger charge is 2.47. The summed E-state index contributed by atoms with van der Waals surface area (Å²) in [5.74, 6) is 0. The average Bonchev–Trinajstić information content (AvgIpc) is 3.88. The number of aromatic nitrogens is 3. The van der Waals surface area contributed by atoms with Crippen molar-refractivity contribution in [2.45, 2.75) is 18.1 Å². The summed E-state index contributed by atoms with van der Waals surface area (Å²) < 4.78 is 8.28. The summed E-state index contributed by atoms with van der Waals surface area (Å²) in [6.07, 6.45) is 0. The Morgan fingerprint density at radius 1 is 0.241 bits per heavy atom. The zero-order valence-electron chi connectivity index (χ0n) is 28.8. The van der Waals surface area contributed by atoms with Crippen LogP contribution in [0.25, 0.3) is 110 Å². The van der Waals surface area contributed by atoms with Crippen molar-refractivity contribution in [1.82, 2.24) is 13.7 Å². The molecular weight excluding hydrogens is 655 g/mol. The van der Waals surface area contributed by atoms with Gasteiger partial charge in [0.25, 0.3) is 0 Å². The van der Waals surface area contributed by atoms with Gasteiger partial charge in [-0.05, 0) is 44.5 Å². The number of nitrogens with zero attached hydrogens (tertiary/aromatic N) is 3. The number of para-hydroxylation sites is 2. The van der Waals surface area contributed by atoms with Crippen molar-refractivity contribution in [1.29, 1.82) is 0 Å². The van der Waals surface area contributed by atoms with Crippen molar-refractivity contribution in [3.63, 3.8) is 0 Å². The highest BCUT2D eigenvalue weighted by Crippen LogP contribution is 2.65. The molecule has 8 aromatic carbocycles. The summed E-state index contributed by atoms with van der Waals surface area (Å²) in [4.78, 5) is 0.